The molecule has 3 aromatic rings. The second-order valence-electron chi connectivity index (χ2n) is 8.30. The maximum atomic E-state index is 15.1. The van der Waals surface area contributed by atoms with Crippen molar-refractivity contribution in [2.75, 3.05) is 18.9 Å². The molecule has 0 spiro atoms. The predicted octanol–water partition coefficient (Wildman–Crippen LogP) is 3.24. The van der Waals surface area contributed by atoms with Crippen LogP contribution in [0.4, 0.5) is 19.0 Å². The normalized spacial score (nSPS) is 14.2. The first kappa shape index (κ1) is 24.3. The lowest BCUT2D eigenvalue weighted by molar-refractivity contribution is 0.0669. The van der Waals surface area contributed by atoms with Gasteiger partial charge in [-0.15, -0.1) is 0 Å². The number of nitrogens with two attached hydrogens (primary N) is 2. The number of benzene rings is 2. The zero-order valence-electron chi connectivity index (χ0n) is 18.9. The van der Waals surface area contributed by atoms with Crippen LogP contribution in [0.3, 0.4) is 0 Å². The summed E-state index contributed by atoms with van der Waals surface area (Å²) < 4.78 is 50.3. The Hall–Kier alpha value is -3.86. The topological polar surface area (TPSA) is 125 Å². The van der Waals surface area contributed by atoms with Gasteiger partial charge in [0.2, 0.25) is 0 Å². The average Bonchev–Trinajstić information content (AvgIpc) is 3.19. The molecule has 2 heterocycles. The van der Waals surface area contributed by atoms with E-state index in [9.17, 15) is 18.4 Å². The van der Waals surface area contributed by atoms with Gasteiger partial charge >= 0.3 is 0 Å². The van der Waals surface area contributed by atoms with Crippen LogP contribution in [0.2, 0.25) is 0 Å². The fourth-order valence-corrected chi connectivity index (χ4v) is 4.11. The SMILES string of the molecule is Cc1ccc(F)cc1C(=O)NCc1ccc(-c2nn(C3CCOCC3)c(N)c2C(N)=O)c(F)c1F. The third-order valence-electron chi connectivity index (χ3n) is 6.03. The number of hydrogen-bond donors (Lipinski definition) is 3. The van der Waals surface area contributed by atoms with E-state index in [-0.39, 0.29) is 46.4 Å². The van der Waals surface area contributed by atoms with E-state index in [0.717, 1.165) is 6.07 Å². The Morgan fingerprint density at radius 3 is 2.54 bits per heavy atom. The molecule has 0 radical (unpaired) electrons. The highest BCUT2D eigenvalue weighted by Gasteiger charge is 2.29. The van der Waals surface area contributed by atoms with Gasteiger partial charge in [0, 0.05) is 36.4 Å². The van der Waals surface area contributed by atoms with Crippen molar-refractivity contribution in [2.45, 2.75) is 32.4 Å². The maximum absolute atomic E-state index is 15.1. The number of aromatic nitrogens is 2. The van der Waals surface area contributed by atoms with Gasteiger partial charge in [-0.3, -0.25) is 9.59 Å². The molecule has 0 unspecified atom stereocenters. The Bertz CT molecular complexity index is 1300. The predicted molar refractivity (Wildman–Crippen MR) is 122 cm³/mol. The molecule has 8 nitrogen and oxygen atoms in total. The lowest BCUT2D eigenvalue weighted by atomic mass is 10.0. The molecule has 4 rings (SSSR count). The number of hydrogen-bond acceptors (Lipinski definition) is 5. The molecule has 1 aliphatic rings. The molecule has 2 aromatic carbocycles. The molecule has 5 N–H and O–H groups in total. The molecule has 184 valence electrons. The van der Waals surface area contributed by atoms with Crippen LogP contribution in [-0.4, -0.2) is 34.8 Å². The quantitative estimate of drug-likeness (QED) is 0.492. The van der Waals surface area contributed by atoms with Crippen molar-refractivity contribution < 1.29 is 27.5 Å². The zero-order valence-corrected chi connectivity index (χ0v) is 18.9. The Morgan fingerprint density at radius 1 is 1.14 bits per heavy atom. The van der Waals surface area contributed by atoms with Crippen LogP contribution in [-0.2, 0) is 11.3 Å². The Kier molecular flexibility index (Phi) is 6.79. The van der Waals surface area contributed by atoms with Crippen LogP contribution in [0.15, 0.2) is 30.3 Å². The summed E-state index contributed by atoms with van der Waals surface area (Å²) in [4.78, 5) is 24.5. The Morgan fingerprint density at radius 2 is 1.86 bits per heavy atom. The monoisotopic (exact) mass is 487 g/mol. The van der Waals surface area contributed by atoms with Crippen LogP contribution in [0.1, 0.15) is 50.7 Å². The second kappa shape index (κ2) is 9.79. The third-order valence-corrected chi connectivity index (χ3v) is 6.03. The summed E-state index contributed by atoms with van der Waals surface area (Å²) in [5.74, 6) is -4.67. The standard InChI is InChI=1S/C24H24F3N5O3/c1-12-2-4-14(25)10-17(12)24(34)30-11-13-3-5-16(20(27)19(13)26)21-18(23(29)33)22(28)32(31-21)15-6-8-35-9-7-15/h2-5,10,15H,6-9,11,28H2,1H3,(H2,29,33)(H,30,34). The van der Waals surface area contributed by atoms with Crippen LogP contribution in [0, 0.1) is 24.4 Å². The largest absolute Gasteiger partial charge is 0.383 e. The number of nitrogen functional groups attached to an aromatic ring is 1. The number of carbonyl (C=O) groups is 2. The lowest BCUT2D eigenvalue weighted by Crippen LogP contribution is -2.24. The van der Waals surface area contributed by atoms with Crippen molar-refractivity contribution in [2.24, 2.45) is 5.73 Å². The van der Waals surface area contributed by atoms with E-state index in [1.807, 2.05) is 0 Å². The summed E-state index contributed by atoms with van der Waals surface area (Å²) in [6.45, 7) is 2.23. The number of amides is 2. The molecule has 35 heavy (non-hydrogen) atoms. The fourth-order valence-electron chi connectivity index (χ4n) is 4.11. The molecular weight excluding hydrogens is 463 g/mol. The summed E-state index contributed by atoms with van der Waals surface area (Å²) in [5, 5.41) is 6.77. The van der Waals surface area contributed by atoms with Crippen molar-refractivity contribution in [3.8, 4) is 11.3 Å². The highest BCUT2D eigenvalue weighted by atomic mass is 19.2. The van der Waals surface area contributed by atoms with Crippen LogP contribution >= 0.6 is 0 Å². The molecule has 0 saturated carbocycles. The number of ether oxygens (including phenoxy) is 1. The van der Waals surface area contributed by atoms with Gasteiger partial charge in [0.05, 0.1) is 6.04 Å². The van der Waals surface area contributed by atoms with Crippen molar-refractivity contribution in [1.29, 1.82) is 0 Å². The average molecular weight is 487 g/mol. The van der Waals surface area contributed by atoms with Crippen LogP contribution in [0.25, 0.3) is 11.3 Å². The van der Waals surface area contributed by atoms with Gasteiger partial charge < -0.3 is 21.5 Å². The van der Waals surface area contributed by atoms with E-state index in [0.29, 0.717) is 31.6 Å². The van der Waals surface area contributed by atoms with Crippen LogP contribution < -0.4 is 16.8 Å². The number of aryl methyl sites for hydroxylation is 1. The number of rotatable bonds is 6. The molecule has 0 atom stereocenters. The first-order valence-corrected chi connectivity index (χ1v) is 11.0. The summed E-state index contributed by atoms with van der Waals surface area (Å²) >= 11 is 0. The van der Waals surface area contributed by atoms with Crippen molar-refractivity contribution in [3.63, 3.8) is 0 Å². The number of nitrogens with zero attached hydrogens (tertiary/aromatic N) is 2. The fraction of sp³-hybridized carbons (Fsp3) is 0.292. The highest BCUT2D eigenvalue weighted by molar-refractivity contribution is 6.03. The van der Waals surface area contributed by atoms with E-state index in [2.05, 4.69) is 10.4 Å². The number of carbonyl (C=O) groups excluding carboxylic acids is 2. The highest BCUT2D eigenvalue weighted by Crippen LogP contribution is 2.34. The summed E-state index contributed by atoms with van der Waals surface area (Å²) in [6.07, 6.45) is 1.17. The molecule has 1 saturated heterocycles. The lowest BCUT2D eigenvalue weighted by Gasteiger charge is -2.23. The van der Waals surface area contributed by atoms with Gasteiger partial charge in [0.1, 0.15) is 22.9 Å². The zero-order chi connectivity index (χ0) is 25.3. The second-order valence-corrected chi connectivity index (χ2v) is 8.30. The van der Waals surface area contributed by atoms with Gasteiger partial charge in [0.25, 0.3) is 11.8 Å². The molecule has 1 aromatic heterocycles. The molecule has 1 fully saturated rings. The molecular formula is C24H24F3N5O3. The van der Waals surface area contributed by atoms with E-state index < -0.39 is 29.3 Å². The van der Waals surface area contributed by atoms with Gasteiger partial charge in [-0.25, -0.2) is 17.9 Å². The van der Waals surface area contributed by atoms with E-state index in [1.54, 1.807) is 6.92 Å². The minimum absolute atomic E-state index is 0.0268. The van der Waals surface area contributed by atoms with Crippen LogP contribution in [0.5, 0.6) is 0 Å². The van der Waals surface area contributed by atoms with E-state index in [1.165, 1.54) is 28.9 Å². The smallest absolute Gasteiger partial charge is 0.254 e. The molecule has 1 aliphatic heterocycles. The van der Waals surface area contributed by atoms with Crippen molar-refractivity contribution in [3.05, 3.63) is 70.0 Å². The minimum atomic E-state index is -1.27. The van der Waals surface area contributed by atoms with Gasteiger partial charge in [-0.05, 0) is 43.5 Å². The molecule has 11 heteroatoms. The maximum Gasteiger partial charge on any atom is 0.254 e. The molecule has 2 amide bonds. The number of nitrogens with one attached hydrogen (secondary N) is 1. The first-order valence-electron chi connectivity index (χ1n) is 11.0. The number of primary amides is 1. The summed E-state index contributed by atoms with van der Waals surface area (Å²) in [7, 11) is 0. The minimum Gasteiger partial charge on any atom is -0.383 e. The number of anilines is 1. The summed E-state index contributed by atoms with van der Waals surface area (Å²) in [5.41, 5.74) is 11.4. The summed E-state index contributed by atoms with van der Waals surface area (Å²) in [6, 6.07) is 6.06. The third kappa shape index (κ3) is 4.72. The van der Waals surface area contributed by atoms with Crippen molar-refractivity contribution in [1.82, 2.24) is 15.1 Å². The Labute approximate surface area is 199 Å². The van der Waals surface area contributed by atoms with E-state index >= 15 is 4.39 Å². The molecule has 0 aliphatic carbocycles. The van der Waals surface area contributed by atoms with E-state index in [4.69, 9.17) is 16.2 Å². The van der Waals surface area contributed by atoms with Gasteiger partial charge in [-0.1, -0.05) is 12.1 Å². The first-order chi connectivity index (χ1) is 16.7. The van der Waals surface area contributed by atoms with Gasteiger partial charge in [-0.2, -0.15) is 5.10 Å². The van der Waals surface area contributed by atoms with Gasteiger partial charge in [0.15, 0.2) is 11.6 Å². The Balaban J connectivity index is 1.63. The molecule has 0 bridgehead atoms. The number of halogens is 3. The van der Waals surface area contributed by atoms with Crippen molar-refractivity contribution >= 4 is 17.6 Å².